The van der Waals surface area contributed by atoms with E-state index in [0.717, 1.165) is 11.1 Å². The summed E-state index contributed by atoms with van der Waals surface area (Å²) in [5.41, 5.74) is 4.46. The van der Waals surface area contributed by atoms with E-state index in [9.17, 15) is 10.2 Å². The van der Waals surface area contributed by atoms with E-state index < -0.39 is 0 Å². The first kappa shape index (κ1) is 34.9. The quantitative estimate of drug-likeness (QED) is 0.354. The van der Waals surface area contributed by atoms with Gasteiger partial charge >= 0.3 is 0 Å². The summed E-state index contributed by atoms with van der Waals surface area (Å²) in [6.07, 6.45) is 0. The van der Waals surface area contributed by atoms with Gasteiger partial charge in [0, 0.05) is 17.4 Å². The van der Waals surface area contributed by atoms with E-state index in [0.29, 0.717) is 16.7 Å². The van der Waals surface area contributed by atoms with Crippen molar-refractivity contribution < 1.29 is 27.6 Å². The van der Waals surface area contributed by atoms with Gasteiger partial charge < -0.3 is 10.2 Å². The smallest absolute Gasteiger partial charge is 0.119 e. The van der Waals surface area contributed by atoms with Gasteiger partial charge in [0.15, 0.2) is 0 Å². The second-order valence-electron chi connectivity index (χ2n) is 10.9. The molecule has 2 rings (SSSR count). The number of aromatic hydroxyl groups is 2. The molecule has 31 heavy (non-hydrogen) atoms. The average Bonchev–Trinajstić information content (AvgIpc) is 2.49. The molecule has 0 saturated heterocycles. The number of benzene rings is 2. The number of halogens is 1. The maximum Gasteiger partial charge on any atom is 0.119 e. The van der Waals surface area contributed by atoms with Gasteiger partial charge in [-0.05, 0) is 53.1 Å². The average molecular weight is 507 g/mol. The van der Waals surface area contributed by atoms with E-state index in [1.165, 1.54) is 11.1 Å². The van der Waals surface area contributed by atoms with Gasteiger partial charge in [0.1, 0.15) is 11.5 Å². The number of hydrogen-bond acceptors (Lipinski definition) is 2. The third kappa shape index (κ3) is 15.7. The molecule has 0 aliphatic rings. The fourth-order valence-corrected chi connectivity index (χ4v) is 2.50. The maximum absolute atomic E-state index is 9.57. The van der Waals surface area contributed by atoms with Crippen molar-refractivity contribution in [2.45, 2.75) is 92.1 Å². The number of hydrogen-bond donors (Lipinski definition) is 2. The SMILES string of the molecule is CC(C)(C)P.Cc1ccc(O)c(C(C)(C)C)c1.Cc1ccc(O)c(C(C)(C)C)c1.Cl.[Cr]. The second-order valence-corrected chi connectivity index (χ2v) is 12.6. The van der Waals surface area contributed by atoms with Crippen LogP contribution >= 0.6 is 21.6 Å². The standard InChI is InChI=1S/2C11H16O.C4H11P.ClH.Cr/c2*1-8-5-6-10(12)9(7-8)11(2,3)4;1-4(2,3)5;;/h2*5-7,12H,1-4H3;5H2,1-3H3;1H;. The minimum absolute atomic E-state index is 0. The van der Waals surface area contributed by atoms with Crippen molar-refractivity contribution in [2.24, 2.45) is 0 Å². The van der Waals surface area contributed by atoms with Crippen LogP contribution in [0.2, 0.25) is 0 Å². The molecule has 2 aromatic rings. The van der Waals surface area contributed by atoms with Gasteiger partial charge in [0.05, 0.1) is 0 Å². The van der Waals surface area contributed by atoms with Gasteiger partial charge in [-0.2, -0.15) is 0 Å². The number of phenols is 2. The Hall–Kier alpha value is -0.708. The summed E-state index contributed by atoms with van der Waals surface area (Å²) in [4.78, 5) is 0. The van der Waals surface area contributed by atoms with E-state index >= 15 is 0 Å². The monoisotopic (exact) mass is 506 g/mol. The summed E-state index contributed by atoms with van der Waals surface area (Å²) in [7, 11) is 2.72. The molecule has 0 spiro atoms. The molecular formula is C26H44ClCrO2P. The summed E-state index contributed by atoms with van der Waals surface area (Å²) in [5, 5.41) is 19.6. The molecule has 178 valence electrons. The Morgan fingerprint density at radius 2 is 0.839 bits per heavy atom. The van der Waals surface area contributed by atoms with Crippen LogP contribution in [0, 0.1) is 13.8 Å². The Morgan fingerprint density at radius 3 is 1.00 bits per heavy atom. The summed E-state index contributed by atoms with van der Waals surface area (Å²) in [6, 6.07) is 11.4. The first-order valence-corrected chi connectivity index (χ1v) is 10.8. The first-order chi connectivity index (χ1) is 12.8. The van der Waals surface area contributed by atoms with E-state index in [1.807, 2.05) is 38.1 Å². The Kier molecular flexibility index (Phi) is 15.5. The van der Waals surface area contributed by atoms with Crippen LogP contribution in [0.15, 0.2) is 36.4 Å². The van der Waals surface area contributed by atoms with E-state index in [4.69, 9.17) is 0 Å². The molecule has 0 radical (unpaired) electrons. The van der Waals surface area contributed by atoms with Crippen LogP contribution < -0.4 is 0 Å². The molecular weight excluding hydrogens is 463 g/mol. The summed E-state index contributed by atoms with van der Waals surface area (Å²) >= 11 is 0. The third-order valence-corrected chi connectivity index (χ3v) is 3.92. The van der Waals surface area contributed by atoms with E-state index in [-0.39, 0.29) is 40.6 Å². The third-order valence-electron chi connectivity index (χ3n) is 3.92. The predicted molar refractivity (Wildman–Crippen MR) is 140 cm³/mol. The molecule has 1 unspecified atom stereocenters. The molecule has 0 aliphatic carbocycles. The van der Waals surface area contributed by atoms with Crippen molar-refractivity contribution in [3.63, 3.8) is 0 Å². The van der Waals surface area contributed by atoms with Crippen molar-refractivity contribution in [1.29, 1.82) is 0 Å². The molecule has 0 saturated carbocycles. The zero-order chi connectivity index (χ0) is 23.2. The Balaban J connectivity index is -0.000000397. The molecule has 0 bridgehead atoms. The molecule has 2 N–H and O–H groups in total. The van der Waals surface area contributed by atoms with Crippen molar-refractivity contribution >= 4 is 21.6 Å². The van der Waals surface area contributed by atoms with Crippen LogP contribution in [-0.4, -0.2) is 15.4 Å². The molecule has 2 aromatic carbocycles. The van der Waals surface area contributed by atoms with Gasteiger partial charge in [0.25, 0.3) is 0 Å². The van der Waals surface area contributed by atoms with Gasteiger partial charge in [-0.1, -0.05) is 97.7 Å². The summed E-state index contributed by atoms with van der Waals surface area (Å²) < 4.78 is 0. The van der Waals surface area contributed by atoms with E-state index in [2.05, 4.69) is 71.6 Å². The molecule has 0 fully saturated rings. The van der Waals surface area contributed by atoms with Crippen molar-refractivity contribution in [3.8, 4) is 11.5 Å². The first-order valence-electron chi connectivity index (χ1n) is 10.2. The minimum atomic E-state index is 0. The van der Waals surface area contributed by atoms with Crippen molar-refractivity contribution in [2.75, 3.05) is 0 Å². The number of phenolic OH excluding ortho intramolecular Hbond substituents is 2. The molecule has 0 aliphatic heterocycles. The normalized spacial score (nSPS) is 11.0. The molecule has 0 amide bonds. The van der Waals surface area contributed by atoms with Gasteiger partial charge in [-0.3, -0.25) is 0 Å². The van der Waals surface area contributed by atoms with Gasteiger partial charge in [-0.25, -0.2) is 0 Å². The largest absolute Gasteiger partial charge is 0.508 e. The van der Waals surface area contributed by atoms with Crippen molar-refractivity contribution in [3.05, 3.63) is 58.7 Å². The van der Waals surface area contributed by atoms with Crippen LogP contribution in [0.3, 0.4) is 0 Å². The second kappa shape index (κ2) is 13.8. The van der Waals surface area contributed by atoms with Gasteiger partial charge in [0.2, 0.25) is 0 Å². The summed E-state index contributed by atoms with van der Waals surface area (Å²) in [5.74, 6) is 0.793. The topological polar surface area (TPSA) is 40.5 Å². The molecule has 0 heterocycles. The maximum atomic E-state index is 9.57. The Bertz CT molecular complexity index is 718. The molecule has 5 heteroatoms. The van der Waals surface area contributed by atoms with Crippen LogP contribution in [0.1, 0.15) is 84.6 Å². The number of aryl methyl sites for hydroxylation is 2. The Labute approximate surface area is 211 Å². The zero-order valence-electron chi connectivity index (χ0n) is 21.3. The predicted octanol–water partition coefficient (Wildman–Crippen LogP) is 8.08. The molecule has 1 atom stereocenters. The summed E-state index contributed by atoms with van der Waals surface area (Å²) in [6.45, 7) is 23.1. The van der Waals surface area contributed by atoms with Crippen LogP contribution in [0.5, 0.6) is 11.5 Å². The van der Waals surface area contributed by atoms with Gasteiger partial charge in [-0.15, -0.1) is 21.6 Å². The zero-order valence-corrected chi connectivity index (χ0v) is 24.5. The molecule has 0 aromatic heterocycles. The Morgan fingerprint density at radius 1 is 0.613 bits per heavy atom. The fourth-order valence-electron chi connectivity index (χ4n) is 2.50. The van der Waals surface area contributed by atoms with Crippen molar-refractivity contribution in [1.82, 2.24) is 0 Å². The minimum Gasteiger partial charge on any atom is -0.508 e. The fraction of sp³-hybridized carbons (Fsp3) is 0.538. The van der Waals surface area contributed by atoms with Crippen LogP contribution in [-0.2, 0) is 28.2 Å². The van der Waals surface area contributed by atoms with E-state index in [1.54, 1.807) is 12.1 Å². The number of rotatable bonds is 0. The van der Waals surface area contributed by atoms with Crippen LogP contribution in [0.25, 0.3) is 0 Å². The van der Waals surface area contributed by atoms with Crippen LogP contribution in [0.4, 0.5) is 0 Å². The molecule has 2 nitrogen and oxygen atoms in total.